The van der Waals surface area contributed by atoms with Gasteiger partial charge >= 0.3 is 23.9 Å². The molecule has 0 saturated heterocycles. The highest BCUT2D eigenvalue weighted by Gasteiger charge is 2.16. The van der Waals surface area contributed by atoms with Gasteiger partial charge in [0.2, 0.25) is 0 Å². The summed E-state index contributed by atoms with van der Waals surface area (Å²) >= 11 is 0. The van der Waals surface area contributed by atoms with Crippen LogP contribution in [0.3, 0.4) is 0 Å². The Labute approximate surface area is 527 Å². The monoisotopic (exact) mass is 1190 g/mol. The number of aliphatic carboxylic acids is 4. The van der Waals surface area contributed by atoms with Gasteiger partial charge in [-0.3, -0.25) is 9.59 Å². The molecule has 8 aromatic rings. The summed E-state index contributed by atoms with van der Waals surface area (Å²) in [7, 11) is 0. The Morgan fingerprint density at radius 2 is 0.681 bits per heavy atom. The second-order valence-electron chi connectivity index (χ2n) is 20.9. The predicted molar refractivity (Wildman–Crippen MR) is 360 cm³/mol. The average molecular weight is 1190 g/mol. The Balaban J connectivity index is 1.15. The number of benzene rings is 8. The van der Waals surface area contributed by atoms with Crippen molar-refractivity contribution in [2.45, 2.75) is 27.7 Å². The number of hydrogen-bond donors (Lipinski definition) is 4. The van der Waals surface area contributed by atoms with Gasteiger partial charge in [0.15, 0.2) is 0 Å². The quantitative estimate of drug-likeness (QED) is 0.0175. The maximum atomic E-state index is 11.6. The standard InChI is InChI=1S/C78H57N5O8/c1-50-7-10-55(43-53(50)4)12-11-54-21-35-68(36-22-54)83(69-37-31-60(32-38-69)51(2)8-41-71(62-23-13-56(14-24-62)44-66(48-79)75(84)85)64-27-17-58(18-28-64)46-73(81-5)77(88)89)70-39-33-61(34-40-70)52(3)9-42-72(63-25-15-57(16-26-63)45-67(49-80)76(86)87)65-29-19-59(20-30-65)47-74(82-6)78(90)91/h7-47H,1-4H3,(H,84,85)(H,86,87)(H,88,89)(H,90,91). The Bertz CT molecular complexity index is 4170. The molecular weight excluding hydrogens is 1130 g/mol. The number of nitrogens with zero attached hydrogens (tertiary/aromatic N) is 5. The first-order valence-electron chi connectivity index (χ1n) is 28.3. The van der Waals surface area contributed by atoms with Crippen LogP contribution >= 0.6 is 0 Å². The highest BCUT2D eigenvalue weighted by molar-refractivity contribution is 5.98. The molecule has 0 radical (unpaired) electrons. The van der Waals surface area contributed by atoms with Gasteiger partial charge in [-0.1, -0.05) is 188 Å². The van der Waals surface area contributed by atoms with E-state index in [1.807, 2.05) is 86.7 Å². The van der Waals surface area contributed by atoms with E-state index in [0.717, 1.165) is 83.9 Å². The van der Waals surface area contributed by atoms with Gasteiger partial charge in [0.25, 0.3) is 11.4 Å². The van der Waals surface area contributed by atoms with Crippen molar-refractivity contribution < 1.29 is 39.6 Å². The normalized spacial score (nSPS) is 12.5. The molecule has 0 atom stereocenters. The highest BCUT2D eigenvalue weighted by Crippen LogP contribution is 2.37. The lowest BCUT2D eigenvalue weighted by Gasteiger charge is -2.26. The van der Waals surface area contributed by atoms with Gasteiger partial charge in [0.05, 0.1) is 13.1 Å². The van der Waals surface area contributed by atoms with Crippen molar-refractivity contribution in [1.29, 1.82) is 10.5 Å². The molecular formula is C78H57N5O8. The van der Waals surface area contributed by atoms with Crippen LogP contribution in [0.5, 0.6) is 0 Å². The first-order valence-corrected chi connectivity index (χ1v) is 28.3. The summed E-state index contributed by atoms with van der Waals surface area (Å²) in [6.07, 6.45) is 17.3. The summed E-state index contributed by atoms with van der Waals surface area (Å²) in [5, 5.41) is 56.6. The number of hydrogen-bond acceptors (Lipinski definition) is 7. The molecule has 442 valence electrons. The molecule has 0 aromatic heterocycles. The summed E-state index contributed by atoms with van der Waals surface area (Å²) in [6.45, 7) is 22.8. The van der Waals surface area contributed by atoms with E-state index in [-0.39, 0.29) is 0 Å². The van der Waals surface area contributed by atoms with Crippen LogP contribution in [0.2, 0.25) is 0 Å². The lowest BCUT2D eigenvalue weighted by atomic mass is 9.94. The van der Waals surface area contributed by atoms with Gasteiger partial charge in [-0.05, 0) is 189 Å². The Hall–Kier alpha value is -12.9. The largest absolute Gasteiger partial charge is 0.486 e. The van der Waals surface area contributed by atoms with E-state index in [1.54, 1.807) is 60.7 Å². The van der Waals surface area contributed by atoms with E-state index in [2.05, 4.69) is 132 Å². The molecule has 8 rings (SSSR count). The van der Waals surface area contributed by atoms with Crippen LogP contribution in [0.4, 0.5) is 17.1 Å². The second kappa shape index (κ2) is 29.9. The predicted octanol–water partition coefficient (Wildman–Crippen LogP) is 17.7. The van der Waals surface area contributed by atoms with E-state index < -0.39 is 46.4 Å². The number of carboxylic acid groups (broad SMARTS) is 4. The van der Waals surface area contributed by atoms with E-state index in [1.165, 1.54) is 35.4 Å². The fourth-order valence-corrected chi connectivity index (χ4v) is 9.57. The van der Waals surface area contributed by atoms with Gasteiger partial charge in [-0.25, -0.2) is 19.3 Å². The van der Waals surface area contributed by atoms with Crippen LogP contribution in [0.25, 0.3) is 68.4 Å². The molecule has 0 unspecified atom stereocenters. The first kappa shape index (κ1) is 64.1. The molecule has 0 aliphatic heterocycles. The third-order valence-corrected chi connectivity index (χ3v) is 14.8. The molecule has 91 heavy (non-hydrogen) atoms. The average Bonchev–Trinajstić information content (AvgIpc) is 0.968. The third kappa shape index (κ3) is 16.7. The van der Waals surface area contributed by atoms with Crippen LogP contribution in [-0.4, -0.2) is 44.3 Å². The topological polar surface area (TPSA) is 209 Å². The van der Waals surface area contributed by atoms with Crippen molar-refractivity contribution in [3.8, 4) is 12.1 Å². The van der Waals surface area contributed by atoms with Crippen molar-refractivity contribution in [2.75, 3.05) is 4.90 Å². The van der Waals surface area contributed by atoms with Crippen molar-refractivity contribution in [3.63, 3.8) is 0 Å². The van der Waals surface area contributed by atoms with E-state index >= 15 is 0 Å². The van der Waals surface area contributed by atoms with Crippen molar-refractivity contribution in [2.24, 2.45) is 0 Å². The first-order chi connectivity index (χ1) is 43.8. The van der Waals surface area contributed by atoms with E-state index in [0.29, 0.717) is 22.3 Å². The molecule has 0 fully saturated rings. The molecule has 4 N–H and O–H groups in total. The second-order valence-corrected chi connectivity index (χ2v) is 20.9. The van der Waals surface area contributed by atoms with Crippen LogP contribution in [0, 0.1) is 49.7 Å². The summed E-state index contributed by atoms with van der Waals surface area (Å²) in [5.74, 6) is -5.32. The number of rotatable bonds is 21. The molecule has 13 nitrogen and oxygen atoms in total. The van der Waals surface area contributed by atoms with Gasteiger partial charge in [-0.15, -0.1) is 0 Å². The maximum Gasteiger partial charge on any atom is 0.346 e. The number of aryl methyl sites for hydroxylation is 2. The Kier molecular flexibility index (Phi) is 21.1. The van der Waals surface area contributed by atoms with Crippen LogP contribution in [-0.2, 0) is 19.2 Å². The number of allylic oxidation sites excluding steroid dienone is 6. The minimum Gasteiger partial charge on any atom is -0.486 e. The Morgan fingerprint density at radius 1 is 0.385 bits per heavy atom. The van der Waals surface area contributed by atoms with Crippen molar-refractivity contribution in [1.82, 2.24) is 0 Å². The summed E-state index contributed by atoms with van der Waals surface area (Å²) in [4.78, 5) is 54.8. The van der Waals surface area contributed by atoms with Gasteiger partial charge in [-0.2, -0.15) is 10.5 Å². The minimum absolute atomic E-state index is 0.404. The SMILES string of the molecule is [C-]#[N+]C(=Cc1ccc(C(=CC=C(C)c2ccc(N(c3ccc(C=Cc4ccc(C)c(C)c4)cc3)c3ccc(C(C)=CC=C(c4ccc(C=C(C#N)C(=O)O)cc4)c4ccc(C=C([N+]#[C-])C(=O)O)cc4)cc3)cc2)c2ccc(C=C(C#N)C(=O)O)cc2)cc1)C(=O)O. The molecule has 0 saturated carbocycles. The van der Waals surface area contributed by atoms with Crippen LogP contribution in [0.15, 0.2) is 235 Å². The zero-order valence-corrected chi connectivity index (χ0v) is 49.8. The molecule has 0 aliphatic carbocycles. The fourth-order valence-electron chi connectivity index (χ4n) is 9.57. The van der Waals surface area contributed by atoms with Gasteiger partial charge in [0.1, 0.15) is 23.3 Å². The molecule has 0 heterocycles. The molecule has 0 bridgehead atoms. The number of nitriles is 2. The fraction of sp³-hybridized carbons (Fsp3) is 0.0513. The van der Waals surface area contributed by atoms with E-state index in [9.17, 15) is 50.1 Å². The molecule has 8 aromatic carbocycles. The maximum absolute atomic E-state index is 11.6. The smallest absolute Gasteiger partial charge is 0.346 e. The van der Waals surface area contributed by atoms with Crippen molar-refractivity contribution >= 4 is 99.7 Å². The number of carboxylic acids is 4. The Morgan fingerprint density at radius 3 is 0.989 bits per heavy atom. The summed E-state index contributed by atoms with van der Waals surface area (Å²) < 4.78 is 0. The summed E-state index contributed by atoms with van der Waals surface area (Å²) in [5.41, 5.74) is 16.2. The minimum atomic E-state index is -1.33. The van der Waals surface area contributed by atoms with Gasteiger partial charge < -0.3 is 25.3 Å². The van der Waals surface area contributed by atoms with Crippen LogP contribution in [0.1, 0.15) is 91.7 Å². The molecule has 0 amide bonds. The lowest BCUT2D eigenvalue weighted by Crippen LogP contribution is -2.10. The summed E-state index contributed by atoms with van der Waals surface area (Å²) in [6, 6.07) is 63.0. The number of anilines is 3. The lowest BCUT2D eigenvalue weighted by molar-refractivity contribution is -0.133. The zero-order valence-electron chi connectivity index (χ0n) is 49.8. The third-order valence-electron chi connectivity index (χ3n) is 14.8. The zero-order chi connectivity index (χ0) is 65.1. The molecule has 0 aliphatic rings. The number of carbonyl (C=O) groups is 4. The molecule has 13 heteroatoms. The van der Waals surface area contributed by atoms with E-state index in [4.69, 9.17) is 13.1 Å². The molecule has 0 spiro atoms. The highest BCUT2D eigenvalue weighted by atomic mass is 16.4. The van der Waals surface area contributed by atoms with Crippen LogP contribution < -0.4 is 4.90 Å². The van der Waals surface area contributed by atoms with Gasteiger partial charge in [0, 0.05) is 17.1 Å². The van der Waals surface area contributed by atoms with Crippen molar-refractivity contribution in [3.05, 3.63) is 336 Å².